The van der Waals surface area contributed by atoms with Crippen molar-refractivity contribution in [2.45, 2.75) is 12.8 Å². The van der Waals surface area contributed by atoms with Gasteiger partial charge in [-0.25, -0.2) is 8.88 Å². The van der Waals surface area contributed by atoms with Gasteiger partial charge >= 0.3 is 31.0 Å². The predicted octanol–water partition coefficient (Wildman–Crippen LogP) is 15.5. The normalized spacial score (nSPS) is 11.3. The predicted molar refractivity (Wildman–Crippen MR) is 351 cm³/mol. The van der Waals surface area contributed by atoms with Gasteiger partial charge in [-0.15, -0.1) is 23.2 Å². The summed E-state index contributed by atoms with van der Waals surface area (Å²) in [5, 5.41) is 10.6. The molecule has 8 rings (SSSR count). The molecular formula is C57H62B2Cl2F8N2NiOP4S4. The molecule has 0 heterocycles. The standard InChI is InChI=1S/2C28H29NP2S2.CH2Cl2.2BF4.Ni.H2O/c2*1-33-24-14-23-29(30(25-15-6-2-7-16-25)26-17-8-3-9-18-26)31(32,27-19-10-4-11-20-27)28-21-12-5-13-22-28;2-1-3;2*2-1(3,4)5;;/h2*2-13,15-22H,14,23-24H2,1H3;1H2;;;;1H2/q;;;2*-1;+2;. The van der Waals surface area contributed by atoms with Crippen molar-refractivity contribution in [2.75, 3.05) is 42.4 Å². The number of alkyl halides is 2. The summed E-state index contributed by atoms with van der Waals surface area (Å²) in [6, 6.07) is 87.1. The molecule has 0 radical (unpaired) electrons. The van der Waals surface area contributed by atoms with Crippen molar-refractivity contribution in [3.63, 3.8) is 0 Å². The van der Waals surface area contributed by atoms with Crippen molar-refractivity contribution in [1.29, 1.82) is 0 Å². The molecule has 0 saturated heterocycles. The first-order valence-electron chi connectivity index (χ1n) is 24.5. The molecule has 81 heavy (non-hydrogen) atoms. The summed E-state index contributed by atoms with van der Waals surface area (Å²) in [4.78, 5) is 0. The molecule has 8 aromatic rings. The van der Waals surface area contributed by atoms with Crippen LogP contribution in [0.25, 0.3) is 0 Å². The van der Waals surface area contributed by atoms with Crippen molar-refractivity contribution >= 4 is 156 Å². The molecule has 436 valence electrons. The minimum Gasteiger partial charge on any atom is -0.418 e. The van der Waals surface area contributed by atoms with Crippen LogP contribution < -0.4 is 42.4 Å². The summed E-state index contributed by atoms with van der Waals surface area (Å²) in [6.45, 7) is 1.94. The fraction of sp³-hybridized carbons (Fsp3) is 0.158. The molecule has 0 aliphatic carbocycles. The minimum atomic E-state index is -6.00. The molecule has 8 aromatic carbocycles. The van der Waals surface area contributed by atoms with Gasteiger partial charge in [-0.3, -0.25) is 0 Å². The largest absolute Gasteiger partial charge is 2.00 e. The van der Waals surface area contributed by atoms with Crippen LogP contribution in [0, 0.1) is 0 Å². The minimum absolute atomic E-state index is 0. The van der Waals surface area contributed by atoms with E-state index < -0.39 is 43.0 Å². The van der Waals surface area contributed by atoms with Gasteiger partial charge in [0.15, 0.2) is 0 Å². The Hall–Kier alpha value is -2.86. The van der Waals surface area contributed by atoms with Crippen LogP contribution in [-0.2, 0) is 40.1 Å². The van der Waals surface area contributed by atoms with Crippen LogP contribution in [0.2, 0.25) is 0 Å². The van der Waals surface area contributed by atoms with Crippen LogP contribution in [0.5, 0.6) is 0 Å². The summed E-state index contributed by atoms with van der Waals surface area (Å²) in [7, 11) is -13.6. The molecule has 0 spiro atoms. The molecule has 0 fully saturated rings. The van der Waals surface area contributed by atoms with Crippen LogP contribution in [0.1, 0.15) is 12.8 Å². The maximum atomic E-state index is 9.75. The van der Waals surface area contributed by atoms with Gasteiger partial charge in [0.2, 0.25) is 0 Å². The van der Waals surface area contributed by atoms with Gasteiger partial charge < -0.3 is 40.0 Å². The zero-order valence-corrected chi connectivity index (χ0v) is 53.5. The Bertz CT molecular complexity index is 2610. The molecule has 3 nitrogen and oxygen atoms in total. The van der Waals surface area contributed by atoms with Crippen molar-refractivity contribution in [3.8, 4) is 0 Å². The van der Waals surface area contributed by atoms with E-state index in [2.05, 4.69) is 264 Å². The summed E-state index contributed by atoms with van der Waals surface area (Å²) >= 11 is 27.0. The molecule has 0 aromatic heterocycles. The molecule has 0 aliphatic heterocycles. The van der Waals surface area contributed by atoms with E-state index in [9.17, 15) is 34.5 Å². The van der Waals surface area contributed by atoms with Gasteiger partial charge in [0, 0.05) is 50.5 Å². The fourth-order valence-corrected chi connectivity index (χ4v) is 25.5. The summed E-state index contributed by atoms with van der Waals surface area (Å²) < 4.78 is 83.4. The average Bonchev–Trinajstić information content (AvgIpc) is 3.51. The molecule has 0 aliphatic rings. The molecule has 24 heteroatoms. The second-order valence-electron chi connectivity index (χ2n) is 16.4. The van der Waals surface area contributed by atoms with Crippen LogP contribution in [-0.4, -0.2) is 71.3 Å². The van der Waals surface area contributed by atoms with Crippen molar-refractivity contribution in [2.24, 2.45) is 0 Å². The van der Waals surface area contributed by atoms with Gasteiger partial charge in [-0.2, -0.15) is 23.5 Å². The number of nitrogens with zero attached hydrogens (tertiary/aromatic N) is 2. The van der Waals surface area contributed by atoms with Gasteiger partial charge in [-0.1, -0.05) is 266 Å². The number of benzene rings is 8. The Balaban J connectivity index is 0.000000446. The van der Waals surface area contributed by atoms with Crippen molar-refractivity contribution in [1.82, 2.24) is 8.88 Å². The maximum absolute atomic E-state index is 9.75. The van der Waals surface area contributed by atoms with Crippen LogP contribution in [0.3, 0.4) is 0 Å². The van der Waals surface area contributed by atoms with Gasteiger partial charge in [-0.05, 0) is 58.1 Å². The van der Waals surface area contributed by atoms with E-state index in [1.807, 2.05) is 23.5 Å². The Morgan fingerprint density at radius 2 is 0.543 bits per heavy atom. The zero-order chi connectivity index (χ0) is 57.6. The average molecular weight is 1350 g/mol. The molecule has 0 bridgehead atoms. The number of rotatable bonds is 20. The third-order valence-electron chi connectivity index (χ3n) is 11.0. The monoisotopic (exact) mass is 1340 g/mol. The SMILES string of the molecule is CSCCCN(P(c1ccccc1)c1ccccc1)P(=S)(c1ccccc1)c1ccccc1.CSCCCN(P(c1ccccc1)c1ccccc1)P(=S)(c1ccccc1)c1ccccc1.ClCCl.F[B-](F)(F)F.F[B-](F)(F)F.O.[Ni+2]. The first-order chi connectivity index (χ1) is 37.9. The van der Waals surface area contributed by atoms with E-state index in [4.69, 9.17) is 46.8 Å². The van der Waals surface area contributed by atoms with E-state index in [-0.39, 0.29) is 27.3 Å². The molecular weight excluding hydrogens is 1280 g/mol. The molecule has 0 atom stereocenters. The first kappa shape index (κ1) is 74.2. The second-order valence-corrected chi connectivity index (χ2v) is 32.6. The molecule has 0 saturated carbocycles. The van der Waals surface area contributed by atoms with Crippen LogP contribution in [0.4, 0.5) is 34.5 Å². The topological polar surface area (TPSA) is 38.0 Å². The third-order valence-corrected chi connectivity index (χ3v) is 29.6. The number of halogens is 10. The maximum Gasteiger partial charge on any atom is 2.00 e. The summed E-state index contributed by atoms with van der Waals surface area (Å²) in [5.41, 5.74) is 0. The van der Waals surface area contributed by atoms with Crippen molar-refractivity contribution < 1.29 is 56.5 Å². The van der Waals surface area contributed by atoms with Gasteiger partial charge in [0.1, 0.15) is 0 Å². The van der Waals surface area contributed by atoms with Gasteiger partial charge in [0.25, 0.3) is 0 Å². The van der Waals surface area contributed by atoms with Crippen molar-refractivity contribution in [3.05, 3.63) is 243 Å². The van der Waals surface area contributed by atoms with E-state index in [0.29, 0.717) is 0 Å². The zero-order valence-electron chi connectivity index (χ0n) is 44.1. The molecule has 2 N–H and O–H groups in total. The van der Waals surface area contributed by atoms with E-state index in [1.165, 1.54) is 42.4 Å². The Morgan fingerprint density at radius 1 is 0.383 bits per heavy atom. The smallest absolute Gasteiger partial charge is 0.418 e. The first-order valence-corrected chi connectivity index (χ1v) is 36.5. The Kier molecular flexibility index (Phi) is 36.4. The second kappa shape index (κ2) is 39.7. The van der Waals surface area contributed by atoms with Crippen LogP contribution >= 0.6 is 75.2 Å². The Labute approximate surface area is 515 Å². The van der Waals surface area contributed by atoms with E-state index >= 15 is 0 Å². The molecule has 0 unspecified atom stereocenters. The van der Waals surface area contributed by atoms with E-state index in [1.54, 1.807) is 0 Å². The third kappa shape index (κ3) is 25.3. The van der Waals surface area contributed by atoms with E-state index in [0.717, 1.165) is 37.4 Å². The Morgan fingerprint density at radius 3 is 0.704 bits per heavy atom. The summed E-state index contributed by atoms with van der Waals surface area (Å²) in [6.07, 6.45) is 2.04. The quantitative estimate of drug-likeness (QED) is 0.0249. The number of hydrogen-bond acceptors (Lipinski definition) is 4. The van der Waals surface area contributed by atoms with Gasteiger partial charge in [0.05, 0.1) is 17.7 Å². The summed E-state index contributed by atoms with van der Waals surface area (Å²) in [5.74, 6) is 2.25. The number of hydrogen-bond donors (Lipinski definition) is 0. The number of thioether (sulfide) groups is 2. The fourth-order valence-electron chi connectivity index (χ4n) is 7.89. The molecule has 0 amide bonds. The van der Waals surface area contributed by atoms with Crippen LogP contribution in [0.15, 0.2) is 243 Å².